The highest BCUT2D eigenvalue weighted by molar-refractivity contribution is 5.82. The fourth-order valence-electron chi connectivity index (χ4n) is 2.41. The molecule has 2 heterocycles. The maximum atomic E-state index is 5.95. The summed E-state index contributed by atoms with van der Waals surface area (Å²) in [4.78, 5) is 13.0. The van der Waals surface area contributed by atoms with Gasteiger partial charge in [0.15, 0.2) is 11.5 Å². The van der Waals surface area contributed by atoms with Crippen LogP contribution in [0.2, 0.25) is 0 Å². The van der Waals surface area contributed by atoms with Gasteiger partial charge in [0.05, 0.1) is 6.33 Å². The van der Waals surface area contributed by atoms with E-state index in [0.717, 1.165) is 31.6 Å². The van der Waals surface area contributed by atoms with Gasteiger partial charge in [0.2, 0.25) is 5.95 Å². The molecule has 0 aliphatic carbocycles. The van der Waals surface area contributed by atoms with Crippen molar-refractivity contribution in [2.75, 3.05) is 17.6 Å². The molecule has 3 rings (SSSR count). The molecule has 114 valence electrons. The third-order valence-electron chi connectivity index (χ3n) is 3.60. The van der Waals surface area contributed by atoms with Crippen LogP contribution in [0.5, 0.6) is 0 Å². The van der Waals surface area contributed by atoms with Gasteiger partial charge in [-0.1, -0.05) is 30.3 Å². The molecule has 0 saturated heterocycles. The average Bonchev–Trinajstić information content (AvgIpc) is 2.96. The SMILES string of the molecule is CCn1cnc2c(N)nc(NCCCc3ccccc3)nc21. The molecule has 0 radical (unpaired) electrons. The quantitative estimate of drug-likeness (QED) is 0.683. The second kappa shape index (κ2) is 6.43. The van der Waals surface area contributed by atoms with E-state index in [1.807, 2.05) is 17.6 Å². The first-order valence-corrected chi connectivity index (χ1v) is 7.54. The predicted octanol–water partition coefficient (Wildman–Crippen LogP) is 2.47. The number of anilines is 2. The highest BCUT2D eigenvalue weighted by atomic mass is 15.2. The summed E-state index contributed by atoms with van der Waals surface area (Å²) in [5.41, 5.74) is 8.73. The van der Waals surface area contributed by atoms with Crippen LogP contribution >= 0.6 is 0 Å². The Labute approximate surface area is 129 Å². The van der Waals surface area contributed by atoms with Crippen LogP contribution in [0.3, 0.4) is 0 Å². The molecule has 0 saturated carbocycles. The number of nitrogen functional groups attached to an aromatic ring is 1. The Morgan fingerprint density at radius 3 is 2.77 bits per heavy atom. The van der Waals surface area contributed by atoms with E-state index >= 15 is 0 Å². The number of benzene rings is 1. The van der Waals surface area contributed by atoms with Crippen molar-refractivity contribution in [1.82, 2.24) is 19.5 Å². The van der Waals surface area contributed by atoms with Crippen LogP contribution in [0.25, 0.3) is 11.2 Å². The Bertz CT molecular complexity index is 750. The van der Waals surface area contributed by atoms with E-state index in [2.05, 4.69) is 44.5 Å². The first-order chi connectivity index (χ1) is 10.8. The molecule has 3 N–H and O–H groups in total. The molecule has 0 atom stereocenters. The van der Waals surface area contributed by atoms with Gasteiger partial charge in [-0.05, 0) is 25.3 Å². The van der Waals surface area contributed by atoms with Gasteiger partial charge in [-0.2, -0.15) is 9.97 Å². The third-order valence-corrected chi connectivity index (χ3v) is 3.60. The predicted molar refractivity (Wildman–Crippen MR) is 88.7 cm³/mol. The fourth-order valence-corrected chi connectivity index (χ4v) is 2.41. The number of hydrogen-bond acceptors (Lipinski definition) is 5. The summed E-state index contributed by atoms with van der Waals surface area (Å²) in [5.74, 6) is 0.982. The minimum atomic E-state index is 0.419. The highest BCUT2D eigenvalue weighted by Crippen LogP contribution is 2.18. The van der Waals surface area contributed by atoms with Crippen LogP contribution in [-0.2, 0) is 13.0 Å². The smallest absolute Gasteiger partial charge is 0.226 e. The molecule has 3 aromatic rings. The monoisotopic (exact) mass is 296 g/mol. The van der Waals surface area contributed by atoms with Gasteiger partial charge in [0.1, 0.15) is 5.52 Å². The van der Waals surface area contributed by atoms with Gasteiger partial charge in [-0.15, -0.1) is 0 Å². The van der Waals surface area contributed by atoms with Crippen LogP contribution in [0.4, 0.5) is 11.8 Å². The van der Waals surface area contributed by atoms with Gasteiger partial charge >= 0.3 is 0 Å². The maximum absolute atomic E-state index is 5.95. The van der Waals surface area contributed by atoms with Crippen LogP contribution in [0.15, 0.2) is 36.7 Å². The molecule has 6 heteroatoms. The van der Waals surface area contributed by atoms with E-state index in [4.69, 9.17) is 5.73 Å². The number of fused-ring (bicyclic) bond motifs is 1. The Hall–Kier alpha value is -2.63. The zero-order chi connectivity index (χ0) is 15.4. The van der Waals surface area contributed by atoms with E-state index in [1.165, 1.54) is 5.56 Å². The van der Waals surface area contributed by atoms with Crippen molar-refractivity contribution in [3.05, 3.63) is 42.2 Å². The number of aromatic nitrogens is 4. The lowest BCUT2D eigenvalue weighted by Gasteiger charge is -2.07. The molecule has 22 heavy (non-hydrogen) atoms. The second-order valence-electron chi connectivity index (χ2n) is 5.15. The summed E-state index contributed by atoms with van der Waals surface area (Å²) in [6.45, 7) is 3.66. The zero-order valence-corrected chi connectivity index (χ0v) is 12.7. The first-order valence-electron chi connectivity index (χ1n) is 7.54. The van der Waals surface area contributed by atoms with Crippen molar-refractivity contribution in [1.29, 1.82) is 0 Å². The normalized spacial score (nSPS) is 11.0. The van der Waals surface area contributed by atoms with E-state index < -0.39 is 0 Å². The minimum absolute atomic E-state index is 0.419. The summed E-state index contributed by atoms with van der Waals surface area (Å²) >= 11 is 0. The first kappa shape index (κ1) is 14.3. The standard InChI is InChI=1S/C16H20N6/c1-2-22-11-19-13-14(17)20-16(21-15(13)22)18-10-6-9-12-7-4-3-5-8-12/h3-5,7-8,11H,2,6,9-10H2,1H3,(H3,17,18,20,21). The van der Waals surface area contributed by atoms with Crippen LogP contribution in [-0.4, -0.2) is 26.1 Å². The number of hydrogen-bond donors (Lipinski definition) is 2. The lowest BCUT2D eigenvalue weighted by atomic mass is 10.1. The highest BCUT2D eigenvalue weighted by Gasteiger charge is 2.10. The summed E-state index contributed by atoms with van der Waals surface area (Å²) in [5, 5.41) is 3.25. The number of imidazole rings is 1. The van der Waals surface area contributed by atoms with E-state index in [1.54, 1.807) is 6.33 Å². The summed E-state index contributed by atoms with van der Waals surface area (Å²) in [6, 6.07) is 10.4. The van der Waals surface area contributed by atoms with Crippen molar-refractivity contribution in [3.63, 3.8) is 0 Å². The van der Waals surface area contributed by atoms with E-state index in [9.17, 15) is 0 Å². The molecule has 0 unspecified atom stereocenters. The van der Waals surface area contributed by atoms with Crippen LogP contribution in [0.1, 0.15) is 18.9 Å². The van der Waals surface area contributed by atoms with Crippen molar-refractivity contribution in [3.8, 4) is 0 Å². The van der Waals surface area contributed by atoms with Gasteiger partial charge in [-0.25, -0.2) is 4.98 Å². The number of rotatable bonds is 6. The molecule has 0 fully saturated rings. The van der Waals surface area contributed by atoms with Crippen LogP contribution < -0.4 is 11.1 Å². The number of nitrogens with two attached hydrogens (primary N) is 1. The van der Waals surface area contributed by atoms with Gasteiger partial charge in [-0.3, -0.25) is 0 Å². The third kappa shape index (κ3) is 3.00. The van der Waals surface area contributed by atoms with Gasteiger partial charge in [0, 0.05) is 13.1 Å². The summed E-state index contributed by atoms with van der Waals surface area (Å²) in [6.07, 6.45) is 3.78. The van der Waals surface area contributed by atoms with Gasteiger partial charge < -0.3 is 15.6 Å². The molecule has 6 nitrogen and oxygen atoms in total. The largest absolute Gasteiger partial charge is 0.382 e. The van der Waals surface area contributed by atoms with E-state index in [-0.39, 0.29) is 0 Å². The van der Waals surface area contributed by atoms with E-state index in [0.29, 0.717) is 17.3 Å². The number of nitrogens with one attached hydrogen (secondary N) is 1. The number of nitrogens with zero attached hydrogens (tertiary/aromatic N) is 4. The molecule has 0 aliphatic heterocycles. The molecule has 0 amide bonds. The lowest BCUT2D eigenvalue weighted by molar-refractivity contribution is 0.776. The average molecular weight is 296 g/mol. The molecule has 0 aliphatic rings. The maximum Gasteiger partial charge on any atom is 0.226 e. The van der Waals surface area contributed by atoms with Crippen molar-refractivity contribution in [2.45, 2.75) is 26.3 Å². The minimum Gasteiger partial charge on any atom is -0.382 e. The van der Waals surface area contributed by atoms with Crippen molar-refractivity contribution < 1.29 is 0 Å². The molecular weight excluding hydrogens is 276 g/mol. The Morgan fingerprint density at radius 2 is 2.00 bits per heavy atom. The molecule has 1 aromatic carbocycles. The van der Waals surface area contributed by atoms with Crippen molar-refractivity contribution in [2.24, 2.45) is 0 Å². The Kier molecular flexibility index (Phi) is 4.18. The topological polar surface area (TPSA) is 81.7 Å². The van der Waals surface area contributed by atoms with Gasteiger partial charge in [0.25, 0.3) is 0 Å². The summed E-state index contributed by atoms with van der Waals surface area (Å²) in [7, 11) is 0. The molecule has 2 aromatic heterocycles. The summed E-state index contributed by atoms with van der Waals surface area (Å²) < 4.78 is 1.96. The number of aryl methyl sites for hydroxylation is 2. The molecule has 0 spiro atoms. The Balaban J connectivity index is 1.64. The second-order valence-corrected chi connectivity index (χ2v) is 5.15. The molecular formula is C16H20N6. The fraction of sp³-hybridized carbons (Fsp3) is 0.312. The van der Waals surface area contributed by atoms with Crippen LogP contribution in [0, 0.1) is 0 Å². The Morgan fingerprint density at radius 1 is 1.18 bits per heavy atom. The zero-order valence-electron chi connectivity index (χ0n) is 12.7. The van der Waals surface area contributed by atoms with Crippen molar-refractivity contribution >= 4 is 22.9 Å². The molecule has 0 bridgehead atoms. The lowest BCUT2D eigenvalue weighted by Crippen LogP contribution is -2.09.